The maximum atomic E-state index is 14.6. The lowest BCUT2D eigenvalue weighted by Gasteiger charge is -2.31. The first kappa shape index (κ1) is 24.0. The SMILES string of the molecule is Cc1c(C2CCN(S(=O)(=O)c3cccc(F)c3)CC2)c2ccccc2n1Cc1c(F)cccc1Cl. The van der Waals surface area contributed by atoms with Crippen LogP contribution >= 0.6 is 11.6 Å². The summed E-state index contributed by atoms with van der Waals surface area (Å²) in [6, 6.07) is 17.9. The first-order chi connectivity index (χ1) is 16.8. The number of benzene rings is 3. The van der Waals surface area contributed by atoms with Crippen molar-refractivity contribution in [2.45, 2.75) is 37.1 Å². The second-order valence-electron chi connectivity index (χ2n) is 8.94. The number of aromatic nitrogens is 1. The fourth-order valence-electron chi connectivity index (χ4n) is 5.18. The van der Waals surface area contributed by atoms with E-state index in [1.165, 1.54) is 28.6 Å². The van der Waals surface area contributed by atoms with E-state index in [4.69, 9.17) is 11.6 Å². The molecule has 0 N–H and O–H groups in total. The molecule has 0 atom stereocenters. The lowest BCUT2D eigenvalue weighted by molar-refractivity contribution is 0.319. The third kappa shape index (κ3) is 4.37. The molecule has 1 aromatic heterocycles. The molecule has 0 radical (unpaired) electrons. The lowest BCUT2D eigenvalue weighted by Crippen LogP contribution is -2.38. The standard InChI is InChI=1S/C27H25ClF2N2O2S/c1-18-27(19-12-14-31(15-13-19)35(33,34)21-7-4-6-20(29)16-21)22-8-2-3-11-26(22)32(18)17-23-24(28)9-5-10-25(23)30/h2-11,16,19H,12-15,17H2,1H3. The quantitative estimate of drug-likeness (QED) is 0.305. The van der Waals surface area contributed by atoms with E-state index in [1.807, 2.05) is 25.1 Å². The van der Waals surface area contributed by atoms with Crippen molar-refractivity contribution in [3.8, 4) is 0 Å². The number of sulfonamides is 1. The fraction of sp³-hybridized carbons (Fsp3) is 0.259. The van der Waals surface area contributed by atoms with E-state index in [2.05, 4.69) is 10.6 Å². The highest BCUT2D eigenvalue weighted by Crippen LogP contribution is 2.39. The molecule has 0 saturated carbocycles. The molecule has 0 amide bonds. The highest BCUT2D eigenvalue weighted by Gasteiger charge is 2.32. The van der Waals surface area contributed by atoms with E-state index in [0.717, 1.165) is 28.2 Å². The second kappa shape index (κ2) is 9.37. The Hall–Kier alpha value is -2.74. The van der Waals surface area contributed by atoms with Crippen molar-refractivity contribution in [1.82, 2.24) is 8.87 Å². The van der Waals surface area contributed by atoms with Gasteiger partial charge in [0.1, 0.15) is 11.6 Å². The maximum Gasteiger partial charge on any atom is 0.243 e. The van der Waals surface area contributed by atoms with Crippen LogP contribution < -0.4 is 0 Å². The van der Waals surface area contributed by atoms with Gasteiger partial charge in [-0.05, 0) is 67.6 Å². The molecule has 4 nitrogen and oxygen atoms in total. The topological polar surface area (TPSA) is 42.3 Å². The Balaban J connectivity index is 1.45. The van der Waals surface area contributed by atoms with E-state index < -0.39 is 15.8 Å². The maximum absolute atomic E-state index is 14.6. The predicted molar refractivity (Wildman–Crippen MR) is 134 cm³/mol. The van der Waals surface area contributed by atoms with Crippen LogP contribution in [-0.2, 0) is 16.6 Å². The van der Waals surface area contributed by atoms with Crippen molar-refractivity contribution in [3.63, 3.8) is 0 Å². The van der Waals surface area contributed by atoms with Crippen molar-refractivity contribution < 1.29 is 17.2 Å². The minimum Gasteiger partial charge on any atom is -0.340 e. The highest BCUT2D eigenvalue weighted by atomic mass is 35.5. The van der Waals surface area contributed by atoms with Crippen molar-refractivity contribution >= 4 is 32.5 Å². The average Bonchev–Trinajstić information content (AvgIpc) is 3.12. The summed E-state index contributed by atoms with van der Waals surface area (Å²) in [5.74, 6) is -0.761. The molecule has 35 heavy (non-hydrogen) atoms. The summed E-state index contributed by atoms with van der Waals surface area (Å²) < 4.78 is 57.8. The summed E-state index contributed by atoms with van der Waals surface area (Å²) in [5, 5.41) is 1.48. The van der Waals surface area contributed by atoms with Gasteiger partial charge in [-0.15, -0.1) is 0 Å². The Morgan fingerprint density at radius 1 is 0.971 bits per heavy atom. The van der Waals surface area contributed by atoms with Gasteiger partial charge in [-0.25, -0.2) is 17.2 Å². The van der Waals surface area contributed by atoms with Crippen LogP contribution in [0.25, 0.3) is 10.9 Å². The molecular weight excluding hydrogens is 490 g/mol. The summed E-state index contributed by atoms with van der Waals surface area (Å²) >= 11 is 6.32. The molecule has 1 fully saturated rings. The normalized spacial score (nSPS) is 15.7. The molecule has 1 aliphatic rings. The Kier molecular flexibility index (Phi) is 6.42. The van der Waals surface area contributed by atoms with Gasteiger partial charge in [-0.2, -0.15) is 4.31 Å². The van der Waals surface area contributed by atoms with Gasteiger partial charge in [0, 0.05) is 40.3 Å². The number of halogens is 3. The molecule has 1 aliphatic heterocycles. The molecule has 1 saturated heterocycles. The van der Waals surface area contributed by atoms with E-state index in [9.17, 15) is 17.2 Å². The van der Waals surface area contributed by atoms with Crippen molar-refractivity contribution in [2.24, 2.45) is 0 Å². The molecule has 2 heterocycles. The Bertz CT molecular complexity index is 1490. The summed E-state index contributed by atoms with van der Waals surface area (Å²) in [5.41, 5.74) is 3.63. The summed E-state index contributed by atoms with van der Waals surface area (Å²) in [6.07, 6.45) is 1.29. The molecular formula is C27H25ClF2N2O2S. The summed E-state index contributed by atoms with van der Waals surface area (Å²) in [7, 11) is -3.76. The highest BCUT2D eigenvalue weighted by molar-refractivity contribution is 7.89. The molecule has 3 aromatic carbocycles. The van der Waals surface area contributed by atoms with Gasteiger partial charge in [-0.3, -0.25) is 0 Å². The van der Waals surface area contributed by atoms with Crippen LogP contribution in [0.5, 0.6) is 0 Å². The average molecular weight is 515 g/mol. The lowest BCUT2D eigenvalue weighted by atomic mass is 9.88. The Morgan fingerprint density at radius 2 is 1.69 bits per heavy atom. The van der Waals surface area contributed by atoms with Crippen LogP contribution in [0.3, 0.4) is 0 Å². The summed E-state index contributed by atoms with van der Waals surface area (Å²) in [6.45, 7) is 3.04. The molecule has 5 rings (SSSR count). The number of rotatable bonds is 5. The van der Waals surface area contributed by atoms with Crippen LogP contribution in [0, 0.1) is 18.6 Å². The number of fused-ring (bicyclic) bond motifs is 1. The zero-order valence-electron chi connectivity index (χ0n) is 19.2. The van der Waals surface area contributed by atoms with Crippen LogP contribution in [0.4, 0.5) is 8.78 Å². The van der Waals surface area contributed by atoms with Crippen molar-refractivity contribution in [2.75, 3.05) is 13.1 Å². The van der Waals surface area contributed by atoms with Crippen LogP contribution in [0.1, 0.15) is 35.6 Å². The van der Waals surface area contributed by atoms with Crippen molar-refractivity contribution in [3.05, 3.63) is 100 Å². The smallest absolute Gasteiger partial charge is 0.243 e. The van der Waals surface area contributed by atoms with Gasteiger partial charge in [0.05, 0.1) is 11.4 Å². The molecule has 4 aromatic rings. The van der Waals surface area contributed by atoms with Crippen molar-refractivity contribution in [1.29, 1.82) is 0 Å². The number of hydrogen-bond acceptors (Lipinski definition) is 2. The number of nitrogens with zero attached hydrogens (tertiary/aromatic N) is 2. The van der Waals surface area contributed by atoms with E-state index in [-0.39, 0.29) is 16.6 Å². The van der Waals surface area contributed by atoms with Crippen LogP contribution in [-0.4, -0.2) is 30.4 Å². The minimum atomic E-state index is -3.76. The van der Waals surface area contributed by atoms with Crippen LogP contribution in [0.15, 0.2) is 71.6 Å². The molecule has 0 bridgehead atoms. The largest absolute Gasteiger partial charge is 0.340 e. The first-order valence-electron chi connectivity index (χ1n) is 11.5. The van der Waals surface area contributed by atoms with Gasteiger partial charge in [0.25, 0.3) is 0 Å². The van der Waals surface area contributed by atoms with Gasteiger partial charge >= 0.3 is 0 Å². The third-order valence-corrected chi connectivity index (χ3v) is 9.20. The van der Waals surface area contributed by atoms with Gasteiger partial charge < -0.3 is 4.57 Å². The Labute approximate surface area is 208 Å². The second-order valence-corrected chi connectivity index (χ2v) is 11.3. The third-order valence-electron chi connectivity index (χ3n) is 6.95. The van der Waals surface area contributed by atoms with Gasteiger partial charge in [-0.1, -0.05) is 41.9 Å². The van der Waals surface area contributed by atoms with E-state index in [0.29, 0.717) is 43.1 Å². The summed E-state index contributed by atoms with van der Waals surface area (Å²) in [4.78, 5) is -0.0227. The Morgan fingerprint density at radius 3 is 2.40 bits per heavy atom. The first-order valence-corrected chi connectivity index (χ1v) is 13.4. The van der Waals surface area contributed by atoms with Crippen LogP contribution in [0.2, 0.25) is 5.02 Å². The number of piperidine rings is 1. The van der Waals surface area contributed by atoms with E-state index in [1.54, 1.807) is 12.1 Å². The molecule has 0 aliphatic carbocycles. The number of para-hydroxylation sites is 1. The molecule has 0 spiro atoms. The molecule has 8 heteroatoms. The zero-order valence-corrected chi connectivity index (χ0v) is 20.8. The fourth-order valence-corrected chi connectivity index (χ4v) is 6.90. The van der Waals surface area contributed by atoms with Gasteiger partial charge in [0.2, 0.25) is 10.0 Å². The minimum absolute atomic E-state index is 0.0227. The zero-order chi connectivity index (χ0) is 24.7. The van der Waals surface area contributed by atoms with Gasteiger partial charge in [0.15, 0.2) is 0 Å². The molecule has 182 valence electrons. The molecule has 0 unspecified atom stereocenters. The van der Waals surface area contributed by atoms with E-state index >= 15 is 0 Å². The predicted octanol–water partition coefficient (Wildman–Crippen LogP) is 6.50. The number of hydrogen-bond donors (Lipinski definition) is 0. The monoisotopic (exact) mass is 514 g/mol.